The Balaban J connectivity index is 1.83. The van der Waals surface area contributed by atoms with Crippen molar-refractivity contribution >= 4 is 11.6 Å². The van der Waals surface area contributed by atoms with Gasteiger partial charge >= 0.3 is 0 Å². The molecule has 0 saturated carbocycles. The van der Waals surface area contributed by atoms with Gasteiger partial charge in [-0.3, -0.25) is 0 Å². The number of hydrogen-bond acceptors (Lipinski definition) is 7. The predicted octanol–water partition coefficient (Wildman–Crippen LogP) is 3.39. The first kappa shape index (κ1) is 20.3. The SMILES string of the molecule is Cc1cc(Nc2nccc(C(F)F)n2)cc(-c2cn(C[C@](C)(O)CC#N)nn2)c1. The highest BCUT2D eigenvalue weighted by Gasteiger charge is 2.22. The summed E-state index contributed by atoms with van der Waals surface area (Å²) in [5.41, 5.74) is 1.24. The number of rotatable bonds is 7. The molecule has 0 radical (unpaired) electrons. The van der Waals surface area contributed by atoms with Gasteiger partial charge in [0.1, 0.15) is 11.4 Å². The van der Waals surface area contributed by atoms with Crippen molar-refractivity contribution in [1.29, 1.82) is 5.26 Å². The van der Waals surface area contributed by atoms with Gasteiger partial charge in [-0.25, -0.2) is 23.4 Å². The molecule has 0 bridgehead atoms. The van der Waals surface area contributed by atoms with E-state index in [0.717, 1.165) is 17.2 Å². The first-order valence-electron chi connectivity index (χ1n) is 8.75. The van der Waals surface area contributed by atoms with Crippen molar-refractivity contribution in [1.82, 2.24) is 25.0 Å². The number of halogens is 2. The van der Waals surface area contributed by atoms with Gasteiger partial charge < -0.3 is 10.4 Å². The van der Waals surface area contributed by atoms with Crippen LogP contribution >= 0.6 is 0 Å². The summed E-state index contributed by atoms with van der Waals surface area (Å²) >= 11 is 0. The average molecular weight is 399 g/mol. The summed E-state index contributed by atoms with van der Waals surface area (Å²) in [5, 5.41) is 30.0. The molecule has 29 heavy (non-hydrogen) atoms. The Morgan fingerprint density at radius 3 is 2.86 bits per heavy atom. The second kappa shape index (κ2) is 8.28. The van der Waals surface area contributed by atoms with Gasteiger partial charge in [0.25, 0.3) is 6.43 Å². The van der Waals surface area contributed by atoms with E-state index in [0.29, 0.717) is 11.4 Å². The molecule has 0 spiro atoms. The normalized spacial score (nSPS) is 13.1. The third kappa shape index (κ3) is 5.30. The molecule has 0 aliphatic heterocycles. The third-order valence-electron chi connectivity index (χ3n) is 4.03. The molecule has 1 atom stereocenters. The van der Waals surface area contributed by atoms with Gasteiger partial charge in [0, 0.05) is 17.4 Å². The molecule has 2 aromatic heterocycles. The second-order valence-electron chi connectivity index (χ2n) is 6.95. The Hall–Kier alpha value is -3.45. The van der Waals surface area contributed by atoms with Crippen molar-refractivity contribution < 1.29 is 13.9 Å². The van der Waals surface area contributed by atoms with Crippen LogP contribution in [-0.2, 0) is 6.54 Å². The van der Waals surface area contributed by atoms with Gasteiger partial charge in [-0.1, -0.05) is 5.21 Å². The molecular formula is C19H19F2N7O. The fourth-order valence-corrected chi connectivity index (χ4v) is 2.77. The van der Waals surface area contributed by atoms with E-state index in [9.17, 15) is 13.9 Å². The molecule has 3 rings (SSSR count). The van der Waals surface area contributed by atoms with Gasteiger partial charge in [-0.15, -0.1) is 5.10 Å². The summed E-state index contributed by atoms with van der Waals surface area (Å²) in [6, 6.07) is 8.59. The number of aryl methyl sites for hydroxylation is 1. The lowest BCUT2D eigenvalue weighted by Crippen LogP contribution is -2.30. The molecule has 0 aliphatic rings. The van der Waals surface area contributed by atoms with Crippen LogP contribution in [-0.4, -0.2) is 35.7 Å². The predicted molar refractivity (Wildman–Crippen MR) is 101 cm³/mol. The van der Waals surface area contributed by atoms with Gasteiger partial charge in [0.2, 0.25) is 5.95 Å². The molecule has 0 amide bonds. The topological polar surface area (TPSA) is 113 Å². The molecule has 8 nitrogen and oxygen atoms in total. The molecule has 1 aromatic carbocycles. The summed E-state index contributed by atoms with van der Waals surface area (Å²) in [6.45, 7) is 3.56. The molecule has 0 fully saturated rings. The minimum Gasteiger partial charge on any atom is -0.387 e. The van der Waals surface area contributed by atoms with Crippen molar-refractivity contribution in [2.45, 2.75) is 38.8 Å². The van der Waals surface area contributed by atoms with Crippen molar-refractivity contribution in [2.75, 3.05) is 5.32 Å². The number of nitrogens with zero attached hydrogens (tertiary/aromatic N) is 6. The van der Waals surface area contributed by atoms with Gasteiger partial charge in [-0.05, 0) is 43.7 Å². The summed E-state index contributed by atoms with van der Waals surface area (Å²) < 4.78 is 27.1. The van der Waals surface area contributed by atoms with Crippen LogP contribution in [0.2, 0.25) is 0 Å². The number of aliphatic hydroxyl groups is 1. The Bertz CT molecular complexity index is 1040. The smallest absolute Gasteiger partial charge is 0.280 e. The molecule has 10 heteroatoms. The number of hydrogen-bond donors (Lipinski definition) is 2. The average Bonchev–Trinajstić information content (AvgIpc) is 3.09. The van der Waals surface area contributed by atoms with Crippen molar-refractivity contribution in [2.24, 2.45) is 0 Å². The Morgan fingerprint density at radius 2 is 2.14 bits per heavy atom. The number of nitriles is 1. The van der Waals surface area contributed by atoms with E-state index in [-0.39, 0.29) is 24.6 Å². The van der Waals surface area contributed by atoms with E-state index in [1.54, 1.807) is 19.2 Å². The molecule has 0 saturated heterocycles. The highest BCUT2D eigenvalue weighted by molar-refractivity contribution is 5.68. The third-order valence-corrected chi connectivity index (χ3v) is 4.03. The highest BCUT2D eigenvalue weighted by atomic mass is 19.3. The number of alkyl halides is 2. The maximum absolute atomic E-state index is 12.8. The summed E-state index contributed by atoms with van der Waals surface area (Å²) in [5.74, 6) is 0.0653. The monoisotopic (exact) mass is 399 g/mol. The lowest BCUT2D eigenvalue weighted by molar-refractivity contribution is 0.0424. The maximum atomic E-state index is 12.8. The van der Waals surface area contributed by atoms with E-state index in [2.05, 4.69) is 25.6 Å². The summed E-state index contributed by atoms with van der Waals surface area (Å²) in [6.07, 6.45) is 0.225. The van der Waals surface area contributed by atoms with Crippen LogP contribution in [0.15, 0.2) is 36.7 Å². The molecule has 150 valence electrons. The Morgan fingerprint density at radius 1 is 1.34 bits per heavy atom. The van der Waals surface area contributed by atoms with Crippen LogP contribution in [0.1, 0.15) is 31.0 Å². The van der Waals surface area contributed by atoms with Gasteiger partial charge in [-0.2, -0.15) is 5.26 Å². The molecule has 2 heterocycles. The van der Waals surface area contributed by atoms with E-state index >= 15 is 0 Å². The number of aromatic nitrogens is 5. The lowest BCUT2D eigenvalue weighted by Gasteiger charge is -2.18. The zero-order valence-corrected chi connectivity index (χ0v) is 15.8. The van der Waals surface area contributed by atoms with E-state index in [1.807, 2.05) is 25.1 Å². The fraction of sp³-hybridized carbons (Fsp3) is 0.316. The zero-order valence-electron chi connectivity index (χ0n) is 15.8. The molecule has 2 N–H and O–H groups in total. The number of nitrogens with one attached hydrogen (secondary N) is 1. The quantitative estimate of drug-likeness (QED) is 0.626. The van der Waals surface area contributed by atoms with Crippen molar-refractivity contribution in [3.05, 3.63) is 47.9 Å². The summed E-state index contributed by atoms with van der Waals surface area (Å²) in [7, 11) is 0. The largest absolute Gasteiger partial charge is 0.387 e. The standard InChI is InChI=1S/C19H19F2N7O/c1-12-7-13(16-10-28(27-26-16)11-19(2,29)4-5-22)9-14(8-12)24-18-23-6-3-15(25-18)17(20)21/h3,6-10,17,29H,4,11H2,1-2H3,(H,23,24,25)/t19-/m1/s1. The van der Waals surface area contributed by atoms with Crippen LogP contribution in [0.5, 0.6) is 0 Å². The molecule has 0 unspecified atom stereocenters. The van der Waals surface area contributed by atoms with E-state index in [4.69, 9.17) is 5.26 Å². The second-order valence-corrected chi connectivity index (χ2v) is 6.95. The first-order chi connectivity index (χ1) is 13.8. The minimum absolute atomic E-state index is 0.0294. The van der Waals surface area contributed by atoms with Crippen molar-refractivity contribution in [3.8, 4) is 17.3 Å². The van der Waals surface area contributed by atoms with Gasteiger partial charge in [0.05, 0.1) is 30.8 Å². The number of anilines is 2. The van der Waals surface area contributed by atoms with Gasteiger partial charge in [0.15, 0.2) is 0 Å². The van der Waals surface area contributed by atoms with Crippen LogP contribution in [0.3, 0.4) is 0 Å². The molecule has 3 aromatic rings. The van der Waals surface area contributed by atoms with Crippen LogP contribution in [0.4, 0.5) is 20.4 Å². The first-order valence-corrected chi connectivity index (χ1v) is 8.75. The van der Waals surface area contributed by atoms with Crippen LogP contribution < -0.4 is 5.32 Å². The molecular weight excluding hydrogens is 380 g/mol. The van der Waals surface area contributed by atoms with E-state index in [1.165, 1.54) is 10.9 Å². The minimum atomic E-state index is -2.68. The Kier molecular flexibility index (Phi) is 5.79. The number of benzene rings is 1. The van der Waals surface area contributed by atoms with Crippen LogP contribution in [0.25, 0.3) is 11.3 Å². The maximum Gasteiger partial charge on any atom is 0.280 e. The van der Waals surface area contributed by atoms with Crippen LogP contribution in [0, 0.1) is 18.3 Å². The summed E-state index contributed by atoms with van der Waals surface area (Å²) in [4.78, 5) is 7.77. The highest BCUT2D eigenvalue weighted by Crippen LogP contribution is 2.25. The zero-order chi connectivity index (χ0) is 21.0. The fourth-order valence-electron chi connectivity index (χ4n) is 2.77. The Labute approximate surface area is 165 Å². The van der Waals surface area contributed by atoms with Crippen molar-refractivity contribution in [3.63, 3.8) is 0 Å². The molecule has 0 aliphatic carbocycles. The lowest BCUT2D eigenvalue weighted by atomic mass is 10.0. The van der Waals surface area contributed by atoms with E-state index < -0.39 is 12.0 Å².